The van der Waals surface area contributed by atoms with E-state index >= 15 is 0 Å². The molecule has 0 unspecified atom stereocenters. The van der Waals surface area contributed by atoms with E-state index in [1.807, 2.05) is 43.3 Å². The minimum atomic E-state index is -0.207. The molecule has 4 nitrogen and oxygen atoms in total. The Hall–Kier alpha value is -1.63. The average molecular weight is 367 g/mol. The number of rotatable bonds is 4. The Morgan fingerprint density at radius 1 is 1.21 bits per heavy atom. The maximum atomic E-state index is 12.1. The van der Waals surface area contributed by atoms with Crippen molar-refractivity contribution < 1.29 is 4.79 Å². The molecule has 5 heteroatoms. The number of hydrogen-bond acceptors (Lipinski definition) is 3. The van der Waals surface area contributed by atoms with Gasteiger partial charge in [-0.1, -0.05) is 6.07 Å². The summed E-state index contributed by atoms with van der Waals surface area (Å²) >= 11 is 2.22. The Kier molecular flexibility index (Phi) is 4.73. The molecule has 2 N–H and O–H groups in total. The molecule has 0 bridgehead atoms. The number of anilines is 2. The second kappa shape index (κ2) is 6.51. The van der Waals surface area contributed by atoms with Crippen LogP contribution in [0, 0.1) is 3.57 Å². The van der Waals surface area contributed by atoms with E-state index in [2.05, 4.69) is 38.2 Å². The molecular formula is C14H14IN3O. The lowest BCUT2D eigenvalue weighted by atomic mass is 10.3. The lowest BCUT2D eigenvalue weighted by molar-refractivity contribution is 0.102. The van der Waals surface area contributed by atoms with Crippen LogP contribution in [0.5, 0.6) is 0 Å². The molecule has 1 aromatic heterocycles. The van der Waals surface area contributed by atoms with Crippen molar-refractivity contribution in [2.75, 3.05) is 17.2 Å². The highest BCUT2D eigenvalue weighted by atomic mass is 127. The van der Waals surface area contributed by atoms with Crippen LogP contribution in [-0.2, 0) is 0 Å². The predicted molar refractivity (Wildman–Crippen MR) is 85.5 cm³/mol. The Labute approximate surface area is 125 Å². The highest BCUT2D eigenvalue weighted by Crippen LogP contribution is 2.13. The fourth-order valence-corrected chi connectivity index (χ4v) is 1.93. The van der Waals surface area contributed by atoms with Crippen molar-refractivity contribution in [2.24, 2.45) is 0 Å². The lowest BCUT2D eigenvalue weighted by Crippen LogP contribution is -2.14. The maximum Gasteiger partial charge on any atom is 0.274 e. The largest absolute Gasteiger partial charge is 0.370 e. The molecule has 2 rings (SSSR count). The van der Waals surface area contributed by atoms with Gasteiger partial charge < -0.3 is 10.6 Å². The number of hydrogen-bond donors (Lipinski definition) is 2. The van der Waals surface area contributed by atoms with Crippen molar-refractivity contribution >= 4 is 40.0 Å². The number of carbonyl (C=O) groups excluding carboxylic acids is 1. The van der Waals surface area contributed by atoms with Gasteiger partial charge in [-0.05, 0) is 65.9 Å². The van der Waals surface area contributed by atoms with E-state index in [1.54, 1.807) is 6.07 Å². The Morgan fingerprint density at radius 2 is 1.95 bits per heavy atom. The number of pyridine rings is 1. The maximum absolute atomic E-state index is 12.1. The second-order valence-corrected chi connectivity index (χ2v) is 5.15. The molecule has 1 amide bonds. The first-order valence-electron chi connectivity index (χ1n) is 5.97. The predicted octanol–water partition coefficient (Wildman–Crippen LogP) is 3.37. The van der Waals surface area contributed by atoms with Crippen LogP contribution >= 0.6 is 22.6 Å². The van der Waals surface area contributed by atoms with E-state index in [-0.39, 0.29) is 5.91 Å². The molecular weight excluding hydrogens is 353 g/mol. The molecule has 98 valence electrons. The summed E-state index contributed by atoms with van der Waals surface area (Å²) in [6, 6.07) is 13.0. The summed E-state index contributed by atoms with van der Waals surface area (Å²) in [6.45, 7) is 2.76. The van der Waals surface area contributed by atoms with Crippen LogP contribution in [0.1, 0.15) is 17.4 Å². The Morgan fingerprint density at radius 3 is 2.63 bits per heavy atom. The highest BCUT2D eigenvalue weighted by Gasteiger charge is 2.08. The molecule has 0 saturated heterocycles. The minimum absolute atomic E-state index is 0.207. The van der Waals surface area contributed by atoms with Crippen LogP contribution in [0.2, 0.25) is 0 Å². The smallest absolute Gasteiger partial charge is 0.274 e. The number of nitrogens with zero attached hydrogens (tertiary/aromatic N) is 1. The van der Waals surface area contributed by atoms with Crippen LogP contribution in [0.4, 0.5) is 11.5 Å². The van der Waals surface area contributed by atoms with Gasteiger partial charge in [0.2, 0.25) is 0 Å². The first-order valence-corrected chi connectivity index (χ1v) is 7.05. The van der Waals surface area contributed by atoms with Gasteiger partial charge in [0.25, 0.3) is 5.91 Å². The minimum Gasteiger partial charge on any atom is -0.370 e. The van der Waals surface area contributed by atoms with Crippen molar-refractivity contribution in [2.45, 2.75) is 6.92 Å². The monoisotopic (exact) mass is 367 g/mol. The first kappa shape index (κ1) is 13.8. The summed E-state index contributed by atoms with van der Waals surface area (Å²) in [7, 11) is 0. The van der Waals surface area contributed by atoms with Crippen molar-refractivity contribution in [3.05, 3.63) is 51.7 Å². The van der Waals surface area contributed by atoms with Crippen LogP contribution < -0.4 is 10.6 Å². The second-order valence-electron chi connectivity index (χ2n) is 3.90. The fourth-order valence-electron chi connectivity index (χ4n) is 1.57. The average Bonchev–Trinajstić information content (AvgIpc) is 2.42. The highest BCUT2D eigenvalue weighted by molar-refractivity contribution is 14.1. The van der Waals surface area contributed by atoms with E-state index in [1.165, 1.54) is 0 Å². The SMILES string of the molecule is CCNc1cccc(C(=O)Nc2ccc(I)cc2)n1. The van der Waals surface area contributed by atoms with Crippen LogP contribution in [0.3, 0.4) is 0 Å². The molecule has 0 aliphatic rings. The topological polar surface area (TPSA) is 54.0 Å². The molecule has 0 atom stereocenters. The number of amides is 1. The molecule has 0 aliphatic carbocycles. The number of nitrogens with one attached hydrogen (secondary N) is 2. The van der Waals surface area contributed by atoms with Gasteiger partial charge in [0.05, 0.1) is 0 Å². The molecule has 0 saturated carbocycles. The molecule has 0 spiro atoms. The molecule has 1 aromatic carbocycles. The zero-order valence-electron chi connectivity index (χ0n) is 10.5. The van der Waals surface area contributed by atoms with E-state index in [4.69, 9.17) is 0 Å². The summed E-state index contributed by atoms with van der Waals surface area (Å²) in [5, 5.41) is 5.90. The number of carbonyl (C=O) groups is 1. The van der Waals surface area contributed by atoms with Gasteiger partial charge in [-0.2, -0.15) is 0 Å². The number of aromatic nitrogens is 1. The van der Waals surface area contributed by atoms with Gasteiger partial charge >= 0.3 is 0 Å². The third-order valence-electron chi connectivity index (χ3n) is 2.44. The summed E-state index contributed by atoms with van der Waals surface area (Å²) < 4.78 is 1.13. The summed E-state index contributed by atoms with van der Waals surface area (Å²) in [5.41, 5.74) is 1.16. The molecule has 1 heterocycles. The molecule has 19 heavy (non-hydrogen) atoms. The summed E-state index contributed by atoms with van der Waals surface area (Å²) in [5.74, 6) is 0.499. The van der Waals surface area contributed by atoms with Gasteiger partial charge in [-0.25, -0.2) is 4.98 Å². The number of benzene rings is 1. The quantitative estimate of drug-likeness (QED) is 0.815. The van der Waals surface area contributed by atoms with E-state index in [0.717, 1.165) is 15.8 Å². The van der Waals surface area contributed by atoms with Gasteiger partial charge in [-0.3, -0.25) is 4.79 Å². The van der Waals surface area contributed by atoms with Crippen molar-refractivity contribution in [3.8, 4) is 0 Å². The zero-order chi connectivity index (χ0) is 13.7. The first-order chi connectivity index (χ1) is 9.19. The van der Waals surface area contributed by atoms with Crippen LogP contribution in [0.25, 0.3) is 0 Å². The van der Waals surface area contributed by atoms with Crippen molar-refractivity contribution in [1.29, 1.82) is 0 Å². The Bertz CT molecular complexity index is 569. The van der Waals surface area contributed by atoms with Crippen molar-refractivity contribution in [3.63, 3.8) is 0 Å². The number of halogens is 1. The Balaban J connectivity index is 2.11. The molecule has 0 aliphatic heterocycles. The zero-order valence-corrected chi connectivity index (χ0v) is 12.6. The van der Waals surface area contributed by atoms with E-state index in [9.17, 15) is 4.79 Å². The summed E-state index contributed by atoms with van der Waals surface area (Å²) in [4.78, 5) is 16.3. The third-order valence-corrected chi connectivity index (χ3v) is 3.16. The van der Waals surface area contributed by atoms with Gasteiger partial charge in [0.1, 0.15) is 11.5 Å². The third kappa shape index (κ3) is 3.92. The summed E-state index contributed by atoms with van der Waals surface area (Å²) in [6.07, 6.45) is 0. The van der Waals surface area contributed by atoms with E-state index < -0.39 is 0 Å². The van der Waals surface area contributed by atoms with E-state index in [0.29, 0.717) is 11.5 Å². The standard InChI is InChI=1S/C14H14IN3O/c1-2-16-13-5-3-4-12(18-13)14(19)17-11-8-6-10(15)7-9-11/h3-9H,2H2,1H3,(H,16,18)(H,17,19). The van der Waals surface area contributed by atoms with Gasteiger partial charge in [0, 0.05) is 15.8 Å². The molecule has 0 radical (unpaired) electrons. The molecule has 2 aromatic rings. The van der Waals surface area contributed by atoms with Gasteiger partial charge in [-0.15, -0.1) is 0 Å². The normalized spacial score (nSPS) is 10.0. The van der Waals surface area contributed by atoms with Crippen molar-refractivity contribution in [1.82, 2.24) is 4.98 Å². The van der Waals surface area contributed by atoms with Crippen LogP contribution in [-0.4, -0.2) is 17.4 Å². The molecule has 0 fully saturated rings. The fraction of sp³-hybridized carbons (Fsp3) is 0.143. The van der Waals surface area contributed by atoms with Gasteiger partial charge in [0.15, 0.2) is 0 Å². The lowest BCUT2D eigenvalue weighted by Gasteiger charge is -2.07. The van der Waals surface area contributed by atoms with Crippen LogP contribution in [0.15, 0.2) is 42.5 Å².